The van der Waals surface area contributed by atoms with Crippen molar-refractivity contribution in [1.82, 2.24) is 15.1 Å². The second-order valence-electron chi connectivity index (χ2n) is 6.60. The Balaban J connectivity index is 1.39. The molecule has 24 heavy (non-hydrogen) atoms. The summed E-state index contributed by atoms with van der Waals surface area (Å²) in [5.74, 6) is 0.802. The van der Waals surface area contributed by atoms with Crippen LogP contribution in [0.3, 0.4) is 0 Å². The molecule has 4 heteroatoms. The molecule has 0 saturated carbocycles. The largest absolute Gasteiger partial charge is 0.339 e. The lowest BCUT2D eigenvalue weighted by Crippen LogP contribution is -2.38. The van der Waals surface area contributed by atoms with Crippen LogP contribution in [0.15, 0.2) is 54.7 Å². The summed E-state index contributed by atoms with van der Waals surface area (Å²) in [5.41, 5.74) is 3.06. The summed E-state index contributed by atoms with van der Waals surface area (Å²) in [5, 5.41) is 7.98. The first-order valence-electron chi connectivity index (χ1n) is 8.56. The second kappa shape index (κ2) is 6.48. The van der Waals surface area contributed by atoms with Gasteiger partial charge in [0.15, 0.2) is 0 Å². The Morgan fingerprint density at radius 1 is 1.12 bits per heavy atom. The number of H-pyrrole nitrogens is 1. The number of likely N-dealkylation sites (tertiary alicyclic amines) is 1. The van der Waals surface area contributed by atoms with Crippen molar-refractivity contribution in [1.29, 1.82) is 0 Å². The molecule has 0 radical (unpaired) electrons. The van der Waals surface area contributed by atoms with Gasteiger partial charge in [0, 0.05) is 24.0 Å². The number of carbonyl (C=O) groups excluding carboxylic acids is 1. The van der Waals surface area contributed by atoms with Crippen molar-refractivity contribution in [2.24, 2.45) is 5.92 Å². The molecule has 0 atom stereocenters. The van der Waals surface area contributed by atoms with Crippen molar-refractivity contribution < 1.29 is 4.79 Å². The molecule has 1 aliphatic rings. The van der Waals surface area contributed by atoms with E-state index in [4.69, 9.17) is 0 Å². The number of hydrogen-bond acceptors (Lipinski definition) is 2. The molecular weight excluding hydrogens is 298 g/mol. The minimum Gasteiger partial charge on any atom is -0.339 e. The maximum atomic E-state index is 12.7. The molecule has 1 saturated heterocycles. The highest BCUT2D eigenvalue weighted by atomic mass is 16.2. The first-order chi connectivity index (χ1) is 11.8. The van der Waals surface area contributed by atoms with E-state index in [0.29, 0.717) is 5.92 Å². The number of rotatable bonds is 3. The smallest absolute Gasteiger partial charge is 0.253 e. The van der Waals surface area contributed by atoms with E-state index in [-0.39, 0.29) is 5.91 Å². The van der Waals surface area contributed by atoms with Crippen molar-refractivity contribution in [3.05, 3.63) is 65.9 Å². The molecule has 4 rings (SSSR count). The first-order valence-corrected chi connectivity index (χ1v) is 8.56. The zero-order valence-corrected chi connectivity index (χ0v) is 13.6. The summed E-state index contributed by atoms with van der Waals surface area (Å²) in [7, 11) is 0. The van der Waals surface area contributed by atoms with Gasteiger partial charge in [-0.25, -0.2) is 0 Å². The van der Waals surface area contributed by atoms with Crippen LogP contribution < -0.4 is 0 Å². The quantitative estimate of drug-likeness (QED) is 0.801. The lowest BCUT2D eigenvalue weighted by atomic mass is 9.90. The molecule has 1 aliphatic heterocycles. The number of benzene rings is 2. The van der Waals surface area contributed by atoms with E-state index < -0.39 is 0 Å². The van der Waals surface area contributed by atoms with E-state index >= 15 is 0 Å². The van der Waals surface area contributed by atoms with Gasteiger partial charge in [-0.1, -0.05) is 36.4 Å². The maximum Gasteiger partial charge on any atom is 0.253 e. The van der Waals surface area contributed by atoms with Crippen LogP contribution in [0, 0.1) is 5.92 Å². The van der Waals surface area contributed by atoms with Crippen molar-refractivity contribution in [2.75, 3.05) is 13.1 Å². The number of aromatic nitrogens is 2. The Kier molecular flexibility index (Phi) is 4.03. The monoisotopic (exact) mass is 319 g/mol. The summed E-state index contributed by atoms with van der Waals surface area (Å²) in [4.78, 5) is 14.7. The van der Waals surface area contributed by atoms with E-state index in [1.165, 1.54) is 5.56 Å². The summed E-state index contributed by atoms with van der Waals surface area (Å²) < 4.78 is 0. The molecule has 0 unspecified atom stereocenters. The number of carbonyl (C=O) groups is 1. The van der Waals surface area contributed by atoms with E-state index in [1.54, 1.807) is 6.20 Å². The van der Waals surface area contributed by atoms with E-state index in [0.717, 1.165) is 48.8 Å². The maximum absolute atomic E-state index is 12.7. The van der Waals surface area contributed by atoms with Gasteiger partial charge in [-0.05, 0) is 42.9 Å². The van der Waals surface area contributed by atoms with Gasteiger partial charge in [0.2, 0.25) is 0 Å². The fourth-order valence-corrected chi connectivity index (χ4v) is 3.54. The zero-order valence-electron chi connectivity index (χ0n) is 13.6. The minimum atomic E-state index is 0.129. The molecule has 4 nitrogen and oxygen atoms in total. The minimum absolute atomic E-state index is 0.129. The molecule has 0 bridgehead atoms. The van der Waals surface area contributed by atoms with Crippen LogP contribution in [0.2, 0.25) is 0 Å². The second-order valence-corrected chi connectivity index (χ2v) is 6.60. The van der Waals surface area contributed by atoms with Gasteiger partial charge in [0.1, 0.15) is 0 Å². The molecule has 2 aromatic carbocycles. The summed E-state index contributed by atoms with van der Waals surface area (Å²) >= 11 is 0. The molecule has 2 heterocycles. The van der Waals surface area contributed by atoms with Crippen LogP contribution in [0.4, 0.5) is 0 Å². The topological polar surface area (TPSA) is 49.0 Å². The molecule has 0 aliphatic carbocycles. The summed E-state index contributed by atoms with van der Waals surface area (Å²) in [6, 6.07) is 16.4. The Morgan fingerprint density at radius 2 is 1.92 bits per heavy atom. The van der Waals surface area contributed by atoms with Crippen LogP contribution in [-0.4, -0.2) is 34.1 Å². The molecular formula is C20H21N3O. The van der Waals surface area contributed by atoms with Crippen molar-refractivity contribution in [3.8, 4) is 0 Å². The predicted molar refractivity (Wildman–Crippen MR) is 94.9 cm³/mol. The van der Waals surface area contributed by atoms with Gasteiger partial charge >= 0.3 is 0 Å². The average Bonchev–Trinajstić information content (AvgIpc) is 3.10. The first kappa shape index (κ1) is 14.9. The number of piperidine rings is 1. The molecule has 1 N–H and O–H groups in total. The van der Waals surface area contributed by atoms with Crippen LogP contribution >= 0.6 is 0 Å². The molecule has 1 fully saturated rings. The highest BCUT2D eigenvalue weighted by Gasteiger charge is 2.24. The molecule has 1 aromatic heterocycles. The fourth-order valence-electron chi connectivity index (χ4n) is 3.54. The van der Waals surface area contributed by atoms with Gasteiger partial charge < -0.3 is 4.90 Å². The number of nitrogens with one attached hydrogen (secondary N) is 1. The third-order valence-electron chi connectivity index (χ3n) is 4.96. The van der Waals surface area contributed by atoms with E-state index in [1.807, 2.05) is 23.1 Å². The van der Waals surface area contributed by atoms with Crippen molar-refractivity contribution >= 4 is 16.8 Å². The van der Waals surface area contributed by atoms with Crippen molar-refractivity contribution in [3.63, 3.8) is 0 Å². The number of aromatic amines is 1. The number of nitrogens with zero attached hydrogens (tertiary/aromatic N) is 2. The van der Waals surface area contributed by atoms with Crippen LogP contribution in [0.1, 0.15) is 28.8 Å². The van der Waals surface area contributed by atoms with Gasteiger partial charge in [-0.3, -0.25) is 9.89 Å². The van der Waals surface area contributed by atoms with Crippen LogP contribution in [0.5, 0.6) is 0 Å². The predicted octanol–water partition coefficient (Wildman–Crippen LogP) is 3.66. The highest BCUT2D eigenvalue weighted by molar-refractivity contribution is 5.97. The number of hydrogen-bond donors (Lipinski definition) is 1. The number of amides is 1. The fraction of sp³-hybridized carbons (Fsp3) is 0.300. The van der Waals surface area contributed by atoms with Gasteiger partial charge in [0.25, 0.3) is 5.91 Å². The Morgan fingerprint density at radius 3 is 2.71 bits per heavy atom. The molecule has 3 aromatic rings. The third kappa shape index (κ3) is 3.04. The van der Waals surface area contributed by atoms with Crippen molar-refractivity contribution in [2.45, 2.75) is 19.3 Å². The summed E-state index contributed by atoms with van der Waals surface area (Å²) in [6.45, 7) is 1.69. The Hall–Kier alpha value is -2.62. The highest BCUT2D eigenvalue weighted by Crippen LogP contribution is 2.23. The average molecular weight is 319 g/mol. The van der Waals surface area contributed by atoms with Crippen LogP contribution in [0.25, 0.3) is 10.9 Å². The lowest BCUT2D eigenvalue weighted by molar-refractivity contribution is 0.0690. The lowest BCUT2D eigenvalue weighted by Gasteiger charge is -2.32. The van der Waals surface area contributed by atoms with E-state index in [2.05, 4.69) is 40.5 Å². The molecule has 1 amide bonds. The standard InChI is InChI=1S/C20H21N3O/c24-20(17-6-7-18-14-21-22-19(18)13-17)23-10-8-16(9-11-23)12-15-4-2-1-3-5-15/h1-7,13-14,16H,8-12H2,(H,21,22). The normalized spacial score (nSPS) is 15.8. The SMILES string of the molecule is O=C(c1ccc2cn[nH]c2c1)N1CCC(Cc2ccccc2)CC1. The van der Waals surface area contributed by atoms with Gasteiger partial charge in [-0.2, -0.15) is 5.10 Å². The third-order valence-corrected chi connectivity index (χ3v) is 4.96. The summed E-state index contributed by atoms with van der Waals surface area (Å²) in [6.07, 6.45) is 5.04. The molecule has 0 spiro atoms. The van der Waals surface area contributed by atoms with Gasteiger partial charge in [0.05, 0.1) is 11.7 Å². The zero-order chi connectivity index (χ0) is 16.4. The Bertz CT molecular complexity index is 832. The van der Waals surface area contributed by atoms with Crippen LogP contribution in [-0.2, 0) is 6.42 Å². The molecule has 122 valence electrons. The van der Waals surface area contributed by atoms with E-state index in [9.17, 15) is 4.79 Å². The number of fused-ring (bicyclic) bond motifs is 1. The Labute approximate surface area is 141 Å². The van der Waals surface area contributed by atoms with Gasteiger partial charge in [-0.15, -0.1) is 0 Å².